The molecule has 31 heavy (non-hydrogen) atoms. The average molecular weight is 450 g/mol. The Kier molecular flexibility index (Phi) is 8.70. The van der Waals surface area contributed by atoms with Crippen LogP contribution >= 0.6 is 0 Å². The lowest BCUT2D eigenvalue weighted by molar-refractivity contribution is -0.129. The predicted octanol–water partition coefficient (Wildman–Crippen LogP) is 3.23. The highest BCUT2D eigenvalue weighted by molar-refractivity contribution is 7.89. The lowest BCUT2D eigenvalue weighted by Crippen LogP contribution is -2.29. The number of anilines is 1. The van der Waals surface area contributed by atoms with Gasteiger partial charge in [0.25, 0.3) is 0 Å². The normalized spacial score (nSPS) is 11.4. The summed E-state index contributed by atoms with van der Waals surface area (Å²) in [5.74, 6) is -0.802. The van der Waals surface area contributed by atoms with Gasteiger partial charge >= 0.3 is 0 Å². The van der Waals surface area contributed by atoms with Crippen LogP contribution in [0.1, 0.15) is 32.3 Å². The van der Waals surface area contributed by atoms with Crippen molar-refractivity contribution in [3.63, 3.8) is 0 Å². The van der Waals surface area contributed by atoms with Crippen molar-refractivity contribution >= 4 is 27.5 Å². The van der Waals surface area contributed by atoms with E-state index in [-0.39, 0.29) is 29.7 Å². The van der Waals surface area contributed by atoms with Crippen LogP contribution in [0.15, 0.2) is 53.4 Å². The standard InChI is InChI=1S/C22H28FN3O4S/c1-4-26(17(2)27)16-18-8-5-6-9-21(18)24-22(28)10-7-15-25(3)31(29,30)20-13-11-19(23)12-14-20/h5-6,8-9,11-14H,4,7,10,15-16H2,1-3H3,(H,24,28). The predicted molar refractivity (Wildman–Crippen MR) is 117 cm³/mol. The van der Waals surface area contributed by atoms with Gasteiger partial charge in [-0.25, -0.2) is 17.1 Å². The molecule has 2 aromatic carbocycles. The number of amides is 2. The maximum absolute atomic E-state index is 13.0. The van der Waals surface area contributed by atoms with Crippen LogP contribution in [0, 0.1) is 5.82 Å². The third kappa shape index (κ3) is 6.86. The molecule has 0 spiro atoms. The van der Waals surface area contributed by atoms with Gasteiger partial charge in [0.1, 0.15) is 5.82 Å². The molecule has 0 aliphatic carbocycles. The van der Waals surface area contributed by atoms with Crippen molar-refractivity contribution in [2.24, 2.45) is 0 Å². The van der Waals surface area contributed by atoms with Crippen LogP contribution in [0.25, 0.3) is 0 Å². The van der Waals surface area contributed by atoms with Crippen LogP contribution in [0.3, 0.4) is 0 Å². The smallest absolute Gasteiger partial charge is 0.242 e. The Morgan fingerprint density at radius 3 is 2.32 bits per heavy atom. The molecule has 0 saturated carbocycles. The highest BCUT2D eigenvalue weighted by Gasteiger charge is 2.20. The third-order valence-corrected chi connectivity index (χ3v) is 6.75. The highest BCUT2D eigenvalue weighted by Crippen LogP contribution is 2.19. The Morgan fingerprint density at radius 1 is 1.06 bits per heavy atom. The second-order valence-corrected chi connectivity index (χ2v) is 9.17. The molecule has 0 saturated heterocycles. The Balaban J connectivity index is 1.92. The van der Waals surface area contributed by atoms with E-state index >= 15 is 0 Å². The van der Waals surface area contributed by atoms with E-state index in [1.807, 2.05) is 19.1 Å². The van der Waals surface area contributed by atoms with Gasteiger partial charge in [0.05, 0.1) is 4.90 Å². The van der Waals surface area contributed by atoms with E-state index in [0.29, 0.717) is 25.2 Å². The minimum Gasteiger partial charge on any atom is -0.339 e. The molecule has 0 unspecified atom stereocenters. The topological polar surface area (TPSA) is 86.8 Å². The fraction of sp³-hybridized carbons (Fsp3) is 0.364. The van der Waals surface area contributed by atoms with Crippen LogP contribution in [-0.4, -0.2) is 49.6 Å². The molecule has 2 aromatic rings. The molecule has 0 fully saturated rings. The summed E-state index contributed by atoms with van der Waals surface area (Å²) in [6, 6.07) is 11.9. The van der Waals surface area contributed by atoms with Gasteiger partial charge in [-0.05, 0) is 49.2 Å². The number of nitrogens with one attached hydrogen (secondary N) is 1. The monoisotopic (exact) mass is 449 g/mol. The van der Waals surface area contributed by atoms with Crippen molar-refractivity contribution in [3.8, 4) is 0 Å². The molecule has 2 rings (SSSR count). The minimum atomic E-state index is -3.75. The maximum atomic E-state index is 13.0. The molecular formula is C22H28FN3O4S. The number of hydrogen-bond donors (Lipinski definition) is 1. The molecule has 0 bridgehead atoms. The molecule has 168 valence electrons. The van der Waals surface area contributed by atoms with E-state index in [9.17, 15) is 22.4 Å². The Hall–Kier alpha value is -2.78. The van der Waals surface area contributed by atoms with Gasteiger partial charge in [-0.3, -0.25) is 9.59 Å². The van der Waals surface area contributed by atoms with Crippen molar-refractivity contribution < 1.29 is 22.4 Å². The number of para-hydroxylation sites is 1. The summed E-state index contributed by atoms with van der Waals surface area (Å²) in [5.41, 5.74) is 1.45. The van der Waals surface area contributed by atoms with Crippen LogP contribution in [0.5, 0.6) is 0 Å². The van der Waals surface area contributed by atoms with Gasteiger partial charge in [-0.2, -0.15) is 0 Å². The Labute approximate surface area is 182 Å². The molecule has 0 aliphatic heterocycles. The third-order valence-electron chi connectivity index (χ3n) is 4.88. The lowest BCUT2D eigenvalue weighted by atomic mass is 10.1. The number of hydrogen-bond acceptors (Lipinski definition) is 4. The first kappa shape index (κ1) is 24.5. The number of carbonyl (C=O) groups is 2. The molecule has 0 atom stereocenters. The summed E-state index contributed by atoms with van der Waals surface area (Å²) in [6.07, 6.45) is 0.446. The van der Waals surface area contributed by atoms with E-state index < -0.39 is 15.8 Å². The van der Waals surface area contributed by atoms with E-state index in [0.717, 1.165) is 22.0 Å². The number of rotatable bonds is 10. The Morgan fingerprint density at radius 2 is 1.71 bits per heavy atom. The van der Waals surface area contributed by atoms with Crippen molar-refractivity contribution in [2.45, 2.75) is 38.1 Å². The zero-order valence-electron chi connectivity index (χ0n) is 18.0. The van der Waals surface area contributed by atoms with E-state index in [1.165, 1.54) is 26.1 Å². The van der Waals surface area contributed by atoms with Gasteiger partial charge < -0.3 is 10.2 Å². The first-order valence-corrected chi connectivity index (χ1v) is 11.4. The summed E-state index contributed by atoms with van der Waals surface area (Å²) in [4.78, 5) is 25.7. The zero-order valence-corrected chi connectivity index (χ0v) is 18.8. The summed E-state index contributed by atoms with van der Waals surface area (Å²) in [5, 5.41) is 2.84. The van der Waals surface area contributed by atoms with Gasteiger partial charge in [0, 0.05) is 45.7 Å². The highest BCUT2D eigenvalue weighted by atomic mass is 32.2. The van der Waals surface area contributed by atoms with Gasteiger partial charge in [0.15, 0.2) is 0 Å². The van der Waals surface area contributed by atoms with E-state index in [1.54, 1.807) is 17.0 Å². The number of carbonyl (C=O) groups excluding carboxylic acids is 2. The van der Waals surface area contributed by atoms with Crippen LogP contribution in [0.2, 0.25) is 0 Å². The lowest BCUT2D eigenvalue weighted by Gasteiger charge is -2.21. The van der Waals surface area contributed by atoms with Crippen molar-refractivity contribution in [1.29, 1.82) is 0 Å². The second-order valence-electron chi connectivity index (χ2n) is 7.12. The molecule has 0 aliphatic rings. The second kappa shape index (κ2) is 11.0. The molecule has 7 nitrogen and oxygen atoms in total. The summed E-state index contributed by atoms with van der Waals surface area (Å²) < 4.78 is 39.2. The SMILES string of the molecule is CCN(Cc1ccccc1NC(=O)CCCN(C)S(=O)(=O)c1ccc(F)cc1)C(C)=O. The molecule has 9 heteroatoms. The molecule has 0 heterocycles. The number of sulfonamides is 1. The molecule has 2 amide bonds. The fourth-order valence-corrected chi connectivity index (χ4v) is 4.22. The number of benzene rings is 2. The Bertz CT molecular complexity index is 1010. The van der Waals surface area contributed by atoms with Crippen molar-refractivity contribution in [2.75, 3.05) is 25.5 Å². The van der Waals surface area contributed by atoms with Crippen LogP contribution in [-0.2, 0) is 26.2 Å². The van der Waals surface area contributed by atoms with Crippen LogP contribution in [0.4, 0.5) is 10.1 Å². The number of nitrogens with zero attached hydrogens (tertiary/aromatic N) is 2. The average Bonchev–Trinajstić information content (AvgIpc) is 2.73. The molecule has 0 radical (unpaired) electrons. The first-order valence-electron chi connectivity index (χ1n) is 10.00. The first-order chi connectivity index (χ1) is 14.6. The number of halogens is 1. The zero-order chi connectivity index (χ0) is 23.0. The molecule has 0 aromatic heterocycles. The van der Waals surface area contributed by atoms with Crippen molar-refractivity contribution in [1.82, 2.24) is 9.21 Å². The minimum absolute atomic E-state index is 0.000675. The molecular weight excluding hydrogens is 421 g/mol. The van der Waals surface area contributed by atoms with E-state index in [2.05, 4.69) is 5.32 Å². The van der Waals surface area contributed by atoms with E-state index in [4.69, 9.17) is 0 Å². The van der Waals surface area contributed by atoms with Crippen LogP contribution < -0.4 is 5.32 Å². The molecule has 1 N–H and O–H groups in total. The summed E-state index contributed by atoms with van der Waals surface area (Å²) in [7, 11) is -2.32. The maximum Gasteiger partial charge on any atom is 0.242 e. The quantitative estimate of drug-likeness (QED) is 0.603. The largest absolute Gasteiger partial charge is 0.339 e. The van der Waals surface area contributed by atoms with Gasteiger partial charge in [-0.1, -0.05) is 18.2 Å². The summed E-state index contributed by atoms with van der Waals surface area (Å²) >= 11 is 0. The fourth-order valence-electron chi connectivity index (χ4n) is 3.01. The van der Waals surface area contributed by atoms with Gasteiger partial charge in [0.2, 0.25) is 21.8 Å². The summed E-state index contributed by atoms with van der Waals surface area (Å²) in [6.45, 7) is 4.48. The van der Waals surface area contributed by atoms with Crippen molar-refractivity contribution in [3.05, 3.63) is 59.9 Å². The van der Waals surface area contributed by atoms with Gasteiger partial charge in [-0.15, -0.1) is 0 Å².